The van der Waals surface area contributed by atoms with Gasteiger partial charge in [-0.25, -0.2) is 4.39 Å². The van der Waals surface area contributed by atoms with Crippen LogP contribution < -0.4 is 5.32 Å². The molecule has 1 amide bonds. The van der Waals surface area contributed by atoms with Crippen molar-refractivity contribution in [1.82, 2.24) is 5.32 Å². The molecule has 0 fully saturated rings. The molecule has 0 saturated heterocycles. The highest BCUT2D eigenvalue weighted by molar-refractivity contribution is 6.31. The molecule has 110 valence electrons. The first kappa shape index (κ1) is 15.5. The number of carbonyl (C=O) groups is 1. The molecule has 1 atom stereocenters. The van der Waals surface area contributed by atoms with Crippen molar-refractivity contribution in [3.8, 4) is 0 Å². The molecule has 0 bridgehead atoms. The third kappa shape index (κ3) is 3.82. The van der Waals surface area contributed by atoms with Crippen LogP contribution in [-0.2, 0) is 0 Å². The van der Waals surface area contributed by atoms with Gasteiger partial charge in [-0.15, -0.1) is 0 Å². The van der Waals surface area contributed by atoms with Crippen molar-refractivity contribution in [2.75, 3.05) is 0 Å². The second kappa shape index (κ2) is 6.72. The molecule has 0 saturated carbocycles. The summed E-state index contributed by atoms with van der Waals surface area (Å²) in [7, 11) is 0. The highest BCUT2D eigenvalue weighted by Gasteiger charge is 2.17. The predicted molar refractivity (Wildman–Crippen MR) is 83.1 cm³/mol. The van der Waals surface area contributed by atoms with Gasteiger partial charge in [0.1, 0.15) is 5.82 Å². The maximum absolute atomic E-state index is 13.7. The van der Waals surface area contributed by atoms with Gasteiger partial charge in [-0.2, -0.15) is 0 Å². The van der Waals surface area contributed by atoms with Gasteiger partial charge in [0.25, 0.3) is 5.91 Å². The van der Waals surface area contributed by atoms with E-state index in [1.807, 2.05) is 38.1 Å². The zero-order valence-electron chi connectivity index (χ0n) is 12.0. The molecular weight excluding hydrogens is 289 g/mol. The molecule has 0 aliphatic rings. The fourth-order valence-electron chi connectivity index (χ4n) is 2.13. The molecular formula is C17H17ClFNO. The van der Waals surface area contributed by atoms with E-state index >= 15 is 0 Å². The van der Waals surface area contributed by atoms with Gasteiger partial charge in [-0.05, 0) is 37.1 Å². The Kier molecular flexibility index (Phi) is 4.97. The van der Waals surface area contributed by atoms with Crippen LogP contribution in [0.4, 0.5) is 4.39 Å². The first-order chi connectivity index (χ1) is 10.0. The van der Waals surface area contributed by atoms with E-state index in [4.69, 9.17) is 11.6 Å². The number of carbonyl (C=O) groups excluding carboxylic acids is 1. The number of amides is 1. The number of aryl methyl sites for hydroxylation is 1. The van der Waals surface area contributed by atoms with Gasteiger partial charge < -0.3 is 5.32 Å². The third-order valence-electron chi connectivity index (χ3n) is 3.37. The largest absolute Gasteiger partial charge is 0.345 e. The molecule has 2 aromatic carbocycles. The monoisotopic (exact) mass is 305 g/mol. The SMILES string of the molecule is CCC(NC(=O)c1cc(Cl)ccc1F)c1ccc(C)cc1. The summed E-state index contributed by atoms with van der Waals surface area (Å²) in [6.45, 7) is 3.98. The Balaban J connectivity index is 2.20. The first-order valence-electron chi connectivity index (χ1n) is 6.83. The van der Waals surface area contributed by atoms with Crippen molar-refractivity contribution in [2.45, 2.75) is 26.3 Å². The van der Waals surface area contributed by atoms with Crippen LogP contribution in [0.1, 0.15) is 40.9 Å². The zero-order chi connectivity index (χ0) is 15.4. The van der Waals surface area contributed by atoms with Crippen molar-refractivity contribution in [3.63, 3.8) is 0 Å². The Morgan fingerprint density at radius 3 is 2.52 bits per heavy atom. The minimum Gasteiger partial charge on any atom is -0.345 e. The van der Waals surface area contributed by atoms with Gasteiger partial charge in [0.05, 0.1) is 11.6 Å². The lowest BCUT2D eigenvalue weighted by Crippen LogP contribution is -2.28. The maximum Gasteiger partial charge on any atom is 0.254 e. The summed E-state index contributed by atoms with van der Waals surface area (Å²) in [5, 5.41) is 3.19. The second-order valence-electron chi connectivity index (χ2n) is 4.97. The molecule has 21 heavy (non-hydrogen) atoms. The molecule has 0 aliphatic carbocycles. The summed E-state index contributed by atoms with van der Waals surface area (Å²) in [4.78, 5) is 12.2. The zero-order valence-corrected chi connectivity index (χ0v) is 12.7. The Labute approximate surface area is 128 Å². The molecule has 2 aromatic rings. The van der Waals surface area contributed by atoms with Gasteiger partial charge in [-0.3, -0.25) is 4.79 Å². The quantitative estimate of drug-likeness (QED) is 0.874. The summed E-state index contributed by atoms with van der Waals surface area (Å²) in [6.07, 6.45) is 0.719. The average Bonchev–Trinajstić information content (AvgIpc) is 2.48. The maximum atomic E-state index is 13.7. The van der Waals surface area contributed by atoms with E-state index < -0.39 is 11.7 Å². The van der Waals surface area contributed by atoms with E-state index in [0.29, 0.717) is 5.02 Å². The van der Waals surface area contributed by atoms with Crippen LogP contribution in [-0.4, -0.2) is 5.91 Å². The van der Waals surface area contributed by atoms with Gasteiger partial charge >= 0.3 is 0 Å². The Morgan fingerprint density at radius 1 is 1.24 bits per heavy atom. The number of hydrogen-bond acceptors (Lipinski definition) is 1. The lowest BCUT2D eigenvalue weighted by atomic mass is 10.0. The van der Waals surface area contributed by atoms with E-state index in [1.165, 1.54) is 18.2 Å². The first-order valence-corrected chi connectivity index (χ1v) is 7.21. The molecule has 0 heterocycles. The fraction of sp³-hybridized carbons (Fsp3) is 0.235. The van der Waals surface area contributed by atoms with Crippen LogP contribution in [0.15, 0.2) is 42.5 Å². The number of halogens is 2. The molecule has 2 rings (SSSR count). The standard InChI is InChI=1S/C17H17ClFNO/c1-3-16(12-6-4-11(2)5-7-12)20-17(21)14-10-13(18)8-9-15(14)19/h4-10,16H,3H2,1-2H3,(H,20,21). The van der Waals surface area contributed by atoms with Crippen LogP contribution in [0.25, 0.3) is 0 Å². The molecule has 1 unspecified atom stereocenters. The summed E-state index contributed by atoms with van der Waals surface area (Å²) >= 11 is 5.82. The molecule has 4 heteroatoms. The van der Waals surface area contributed by atoms with Crippen LogP contribution in [0.5, 0.6) is 0 Å². The van der Waals surface area contributed by atoms with Crippen molar-refractivity contribution in [3.05, 3.63) is 70.0 Å². The van der Waals surface area contributed by atoms with Gasteiger partial charge in [-0.1, -0.05) is 48.4 Å². The molecule has 0 aromatic heterocycles. The molecule has 1 N–H and O–H groups in total. The van der Waals surface area contributed by atoms with Crippen LogP contribution in [0.2, 0.25) is 5.02 Å². The molecule has 0 radical (unpaired) electrons. The minimum absolute atomic E-state index is 0.0342. The van der Waals surface area contributed by atoms with Crippen LogP contribution >= 0.6 is 11.6 Å². The van der Waals surface area contributed by atoms with E-state index in [0.717, 1.165) is 17.5 Å². The summed E-state index contributed by atoms with van der Waals surface area (Å²) < 4.78 is 13.7. The Bertz CT molecular complexity index is 640. The number of nitrogens with one attached hydrogen (secondary N) is 1. The summed E-state index contributed by atoms with van der Waals surface area (Å²) in [5.74, 6) is -1.03. The smallest absolute Gasteiger partial charge is 0.254 e. The van der Waals surface area contributed by atoms with Crippen LogP contribution in [0, 0.1) is 12.7 Å². The highest BCUT2D eigenvalue weighted by atomic mass is 35.5. The lowest BCUT2D eigenvalue weighted by Gasteiger charge is -2.18. The van der Waals surface area contributed by atoms with E-state index in [9.17, 15) is 9.18 Å². The van der Waals surface area contributed by atoms with E-state index in [1.54, 1.807) is 0 Å². The van der Waals surface area contributed by atoms with Gasteiger partial charge in [0, 0.05) is 5.02 Å². The van der Waals surface area contributed by atoms with Crippen molar-refractivity contribution < 1.29 is 9.18 Å². The molecule has 0 spiro atoms. The van der Waals surface area contributed by atoms with Gasteiger partial charge in [0.15, 0.2) is 0 Å². The summed E-state index contributed by atoms with van der Waals surface area (Å²) in [5.41, 5.74) is 2.12. The van der Waals surface area contributed by atoms with Crippen molar-refractivity contribution >= 4 is 17.5 Å². The normalized spacial score (nSPS) is 12.0. The lowest BCUT2D eigenvalue weighted by molar-refractivity contribution is 0.0931. The number of hydrogen-bond donors (Lipinski definition) is 1. The highest BCUT2D eigenvalue weighted by Crippen LogP contribution is 2.20. The average molecular weight is 306 g/mol. The third-order valence-corrected chi connectivity index (χ3v) is 3.60. The minimum atomic E-state index is -0.573. The Morgan fingerprint density at radius 2 is 1.90 bits per heavy atom. The topological polar surface area (TPSA) is 29.1 Å². The van der Waals surface area contributed by atoms with E-state index in [2.05, 4.69) is 5.32 Å². The molecule has 2 nitrogen and oxygen atoms in total. The molecule has 0 aliphatic heterocycles. The summed E-state index contributed by atoms with van der Waals surface area (Å²) in [6, 6.07) is 11.7. The van der Waals surface area contributed by atoms with E-state index in [-0.39, 0.29) is 11.6 Å². The number of rotatable bonds is 4. The predicted octanol–water partition coefficient (Wildman–Crippen LogP) is 4.67. The number of benzene rings is 2. The van der Waals surface area contributed by atoms with Crippen LogP contribution in [0.3, 0.4) is 0 Å². The van der Waals surface area contributed by atoms with Gasteiger partial charge in [0.2, 0.25) is 0 Å². The Hall–Kier alpha value is -1.87. The van der Waals surface area contributed by atoms with Crippen molar-refractivity contribution in [1.29, 1.82) is 0 Å². The second-order valence-corrected chi connectivity index (χ2v) is 5.41. The fourth-order valence-corrected chi connectivity index (χ4v) is 2.30. The van der Waals surface area contributed by atoms with Crippen molar-refractivity contribution in [2.24, 2.45) is 0 Å².